The first-order chi connectivity index (χ1) is 25.3. The monoisotopic (exact) mass is 790 g/mol. The lowest BCUT2D eigenvalue weighted by Crippen LogP contribution is -2.60. The molecule has 25 heteroatoms. The normalized spacial score (nSPS) is 16.9. The molecule has 0 spiro atoms. The van der Waals surface area contributed by atoms with E-state index in [1.165, 1.54) is 6.92 Å². The number of aliphatic imine (C=N–C) groups is 1. The van der Waals surface area contributed by atoms with E-state index in [0.29, 0.717) is 6.42 Å². The van der Waals surface area contributed by atoms with Gasteiger partial charge in [-0.15, -0.1) is 0 Å². The summed E-state index contributed by atoms with van der Waals surface area (Å²) in [7, 11) is 0. The van der Waals surface area contributed by atoms with Gasteiger partial charge in [0, 0.05) is 18.8 Å². The van der Waals surface area contributed by atoms with Gasteiger partial charge in [-0.2, -0.15) is 12.6 Å². The van der Waals surface area contributed by atoms with E-state index in [0.717, 1.165) is 4.90 Å². The number of rotatable bonds is 23. The number of guanidine groups is 1. The fourth-order valence-corrected chi connectivity index (χ4v) is 5.16. The third-order valence-corrected chi connectivity index (χ3v) is 8.13. The van der Waals surface area contributed by atoms with Gasteiger partial charge < -0.3 is 75.1 Å². The van der Waals surface area contributed by atoms with Gasteiger partial charge in [0.2, 0.25) is 47.3 Å². The Hall–Kier alpha value is -5.27. The standard InChI is InChI=1S/C29H50N12O12S/c1-13(43)22(40-26(51)17(12-54)39-24(49)14(30)11-42)28(53)36-10-20(45)41-7-3-5-18(41)27(52)38-15(4-2-6-34-29(32)33)25(50)35-9-19(44)37-16(23(31)48)8-21(46)47/h13-18,22,42-43,54H,2-12,30H2,1H3,(H2,31,48)(H,35,50)(H,36,53)(H,37,44)(H,38,52)(H,39,49)(H,40,51)(H,46,47)(H4,32,33,34)/t13-,14+,15+,16+,17+,18+,22+/m1/s1. The van der Waals surface area contributed by atoms with Crippen LogP contribution >= 0.6 is 12.6 Å². The molecule has 1 rings (SSSR count). The number of likely N-dealkylation sites (tertiary alicyclic amines) is 1. The average Bonchev–Trinajstić information content (AvgIpc) is 3.61. The second-order valence-corrected chi connectivity index (χ2v) is 12.4. The van der Waals surface area contributed by atoms with E-state index < -0.39 is 122 Å². The van der Waals surface area contributed by atoms with Crippen LogP contribution in [0.4, 0.5) is 0 Å². The van der Waals surface area contributed by atoms with Crippen molar-refractivity contribution in [2.24, 2.45) is 27.9 Å². The average molecular weight is 791 g/mol. The zero-order valence-corrected chi connectivity index (χ0v) is 30.4. The Morgan fingerprint density at radius 2 is 1.52 bits per heavy atom. The summed E-state index contributed by atoms with van der Waals surface area (Å²) in [5.41, 5.74) is 21.2. The highest BCUT2D eigenvalue weighted by Crippen LogP contribution is 2.18. The maximum Gasteiger partial charge on any atom is 0.305 e. The fourth-order valence-electron chi connectivity index (χ4n) is 4.90. The summed E-state index contributed by atoms with van der Waals surface area (Å²) >= 11 is 3.99. The van der Waals surface area contributed by atoms with E-state index in [9.17, 15) is 48.3 Å². The third kappa shape index (κ3) is 16.2. The largest absolute Gasteiger partial charge is 0.481 e. The van der Waals surface area contributed by atoms with Crippen LogP contribution in [0.1, 0.15) is 39.0 Å². The molecule has 7 atom stereocenters. The van der Waals surface area contributed by atoms with Crippen LogP contribution in [0, 0.1) is 0 Å². The number of aliphatic carboxylic acids is 1. The molecule has 0 aliphatic carbocycles. The molecule has 1 fully saturated rings. The number of hydrogen-bond acceptors (Lipinski definition) is 14. The second kappa shape index (κ2) is 23.4. The molecule has 1 aliphatic rings. The van der Waals surface area contributed by atoms with E-state index in [4.69, 9.17) is 33.1 Å². The van der Waals surface area contributed by atoms with Gasteiger partial charge in [-0.1, -0.05) is 0 Å². The molecule has 1 heterocycles. The molecule has 0 aromatic heterocycles. The number of amides is 8. The van der Waals surface area contributed by atoms with Gasteiger partial charge in [0.25, 0.3) is 0 Å². The quantitative estimate of drug-likeness (QED) is 0.0198. The molecule has 54 heavy (non-hydrogen) atoms. The maximum atomic E-state index is 13.4. The fraction of sp³-hybridized carbons (Fsp3) is 0.655. The van der Waals surface area contributed by atoms with Crippen molar-refractivity contribution < 1.29 is 58.5 Å². The molecule has 0 saturated carbocycles. The van der Waals surface area contributed by atoms with Gasteiger partial charge in [-0.05, 0) is 32.6 Å². The van der Waals surface area contributed by atoms with Gasteiger partial charge in [0.1, 0.15) is 36.3 Å². The highest BCUT2D eigenvalue weighted by molar-refractivity contribution is 7.80. The van der Waals surface area contributed by atoms with Crippen LogP contribution in [0.15, 0.2) is 4.99 Å². The molecule has 0 radical (unpaired) electrons. The Balaban J connectivity index is 2.95. The Morgan fingerprint density at radius 3 is 2.07 bits per heavy atom. The number of carbonyl (C=O) groups is 9. The Labute approximate surface area is 314 Å². The minimum absolute atomic E-state index is 0.0337. The van der Waals surface area contributed by atoms with Crippen molar-refractivity contribution in [2.45, 2.75) is 81.4 Å². The highest BCUT2D eigenvalue weighted by atomic mass is 32.1. The number of nitrogens with zero attached hydrogens (tertiary/aromatic N) is 2. The van der Waals surface area contributed by atoms with E-state index in [-0.39, 0.29) is 44.1 Å². The molecular weight excluding hydrogens is 740 g/mol. The van der Waals surface area contributed by atoms with Crippen molar-refractivity contribution >= 4 is 71.8 Å². The summed E-state index contributed by atoms with van der Waals surface area (Å²) in [5.74, 6) is -8.99. The SMILES string of the molecule is C[C@@H](O)[C@H](NC(=O)[C@H](CS)NC(=O)[C@@H](N)CO)C(=O)NCC(=O)N1CCC[C@H]1C(=O)N[C@@H](CCCN=C(N)N)C(=O)NCC(=O)N[C@@H](CC(=O)O)C(N)=O. The summed E-state index contributed by atoms with van der Waals surface area (Å²) in [4.78, 5) is 117. The summed E-state index contributed by atoms with van der Waals surface area (Å²) in [6.07, 6.45) is -1.56. The molecule has 304 valence electrons. The zero-order chi connectivity index (χ0) is 41.1. The van der Waals surface area contributed by atoms with Gasteiger partial charge in [0.15, 0.2) is 5.96 Å². The number of thiol groups is 1. The predicted molar refractivity (Wildman–Crippen MR) is 190 cm³/mol. The minimum Gasteiger partial charge on any atom is -0.481 e. The van der Waals surface area contributed by atoms with Crippen molar-refractivity contribution in [1.29, 1.82) is 0 Å². The highest BCUT2D eigenvalue weighted by Gasteiger charge is 2.37. The van der Waals surface area contributed by atoms with E-state index in [1.807, 2.05) is 0 Å². The van der Waals surface area contributed by atoms with Crippen LogP contribution in [-0.2, 0) is 43.2 Å². The summed E-state index contributed by atoms with van der Waals surface area (Å²) in [6, 6.07) is -8.12. The lowest BCUT2D eigenvalue weighted by Gasteiger charge is -2.27. The lowest BCUT2D eigenvalue weighted by molar-refractivity contribution is -0.140. The number of nitrogens with two attached hydrogens (primary N) is 4. The molecule has 8 amide bonds. The smallest absolute Gasteiger partial charge is 0.305 e. The minimum atomic E-state index is -1.59. The number of carbonyl (C=O) groups excluding carboxylic acids is 8. The number of hydrogen-bond donors (Lipinski definition) is 14. The van der Waals surface area contributed by atoms with Gasteiger partial charge in [-0.25, -0.2) is 0 Å². The first kappa shape index (κ1) is 46.8. The summed E-state index contributed by atoms with van der Waals surface area (Å²) < 4.78 is 0. The van der Waals surface area contributed by atoms with E-state index in [2.05, 4.69) is 49.5 Å². The number of primary amides is 1. The Morgan fingerprint density at radius 1 is 0.870 bits per heavy atom. The summed E-state index contributed by atoms with van der Waals surface area (Å²) in [5, 5.41) is 41.9. The topological polar surface area (TPSA) is 406 Å². The number of carboxylic acids is 1. The third-order valence-electron chi connectivity index (χ3n) is 7.76. The molecule has 0 bridgehead atoms. The summed E-state index contributed by atoms with van der Waals surface area (Å²) in [6.45, 7) is -0.715. The van der Waals surface area contributed by atoms with Crippen molar-refractivity contribution in [2.75, 3.05) is 38.5 Å². The van der Waals surface area contributed by atoms with E-state index in [1.54, 1.807) is 0 Å². The molecule has 24 nitrogen and oxygen atoms in total. The first-order valence-corrected chi connectivity index (χ1v) is 17.2. The Bertz CT molecular complexity index is 1410. The molecule has 1 aliphatic heterocycles. The molecule has 1 saturated heterocycles. The number of aliphatic hydroxyl groups is 2. The first-order valence-electron chi connectivity index (χ1n) is 16.6. The Kier molecular flexibility index (Phi) is 20.3. The maximum absolute atomic E-state index is 13.4. The number of nitrogens with one attached hydrogen (secondary N) is 6. The van der Waals surface area contributed by atoms with Crippen LogP contribution in [0.25, 0.3) is 0 Å². The van der Waals surface area contributed by atoms with Gasteiger partial charge in [0.05, 0.1) is 32.2 Å². The van der Waals surface area contributed by atoms with Crippen molar-refractivity contribution in [3.05, 3.63) is 0 Å². The van der Waals surface area contributed by atoms with Crippen molar-refractivity contribution in [3.63, 3.8) is 0 Å². The van der Waals surface area contributed by atoms with Gasteiger partial charge in [-0.3, -0.25) is 48.1 Å². The lowest BCUT2D eigenvalue weighted by atomic mass is 10.1. The van der Waals surface area contributed by atoms with E-state index >= 15 is 0 Å². The van der Waals surface area contributed by atoms with Crippen LogP contribution in [0.2, 0.25) is 0 Å². The predicted octanol–water partition coefficient (Wildman–Crippen LogP) is -8.21. The van der Waals surface area contributed by atoms with Crippen molar-refractivity contribution in [1.82, 2.24) is 36.8 Å². The van der Waals surface area contributed by atoms with Crippen molar-refractivity contribution in [3.8, 4) is 0 Å². The van der Waals surface area contributed by atoms with Crippen LogP contribution in [-0.4, -0.2) is 160 Å². The molecule has 0 aromatic rings. The van der Waals surface area contributed by atoms with Crippen LogP contribution < -0.4 is 54.8 Å². The molecular formula is C29H50N12O12S. The second-order valence-electron chi connectivity index (χ2n) is 12.1. The van der Waals surface area contributed by atoms with Crippen LogP contribution in [0.5, 0.6) is 0 Å². The van der Waals surface area contributed by atoms with Gasteiger partial charge >= 0.3 is 5.97 Å². The molecule has 17 N–H and O–H groups in total. The number of carboxylic acid groups (broad SMARTS) is 1. The molecule has 0 aromatic carbocycles. The molecule has 0 unspecified atom stereocenters. The van der Waals surface area contributed by atoms with Crippen LogP contribution in [0.3, 0.4) is 0 Å². The number of aliphatic hydroxyl groups excluding tert-OH is 2. The zero-order valence-electron chi connectivity index (χ0n) is 29.5.